The second kappa shape index (κ2) is 11.6. The summed E-state index contributed by atoms with van der Waals surface area (Å²) in [5.41, 5.74) is 0.815. The summed E-state index contributed by atoms with van der Waals surface area (Å²) >= 11 is 0. The third kappa shape index (κ3) is 8.44. The van der Waals surface area contributed by atoms with Crippen molar-refractivity contribution in [3.05, 3.63) is 29.8 Å². The molecule has 1 aliphatic heterocycles. The molecule has 2 fully saturated rings. The fourth-order valence-corrected chi connectivity index (χ4v) is 4.52. The van der Waals surface area contributed by atoms with E-state index in [1.54, 1.807) is 12.1 Å². The Labute approximate surface area is 197 Å². The molecule has 0 unspecified atom stereocenters. The number of hydrogen-bond acceptors (Lipinski definition) is 5. The lowest BCUT2D eigenvalue weighted by atomic mass is 10.1. The summed E-state index contributed by atoms with van der Waals surface area (Å²) in [7, 11) is 0. The maximum atomic E-state index is 12.8. The van der Waals surface area contributed by atoms with Crippen LogP contribution in [-0.2, 0) is 9.59 Å². The van der Waals surface area contributed by atoms with Gasteiger partial charge in [-0.3, -0.25) is 24.2 Å². The topological polar surface area (TPSA) is 93.8 Å². The Hall–Kier alpha value is -2.45. The van der Waals surface area contributed by atoms with E-state index in [0.29, 0.717) is 17.8 Å². The summed E-state index contributed by atoms with van der Waals surface area (Å²) in [4.78, 5) is 42.0. The number of para-hydroxylation sites is 1. The van der Waals surface area contributed by atoms with Gasteiger partial charge in [-0.05, 0) is 65.3 Å². The van der Waals surface area contributed by atoms with Crippen LogP contribution in [0.2, 0.25) is 0 Å². The van der Waals surface area contributed by atoms with E-state index in [4.69, 9.17) is 0 Å². The minimum atomic E-state index is -0.239. The fraction of sp³-hybridized carbons (Fsp3) is 0.640. The highest BCUT2D eigenvalue weighted by atomic mass is 16.2. The van der Waals surface area contributed by atoms with Crippen LogP contribution in [0.4, 0.5) is 5.69 Å². The lowest BCUT2D eigenvalue weighted by Gasteiger charge is -2.25. The molecule has 8 heteroatoms. The Morgan fingerprint density at radius 1 is 0.879 bits per heavy atom. The number of carbonyl (C=O) groups excluding carboxylic acids is 3. The van der Waals surface area contributed by atoms with Crippen LogP contribution in [0.3, 0.4) is 0 Å². The van der Waals surface area contributed by atoms with Gasteiger partial charge in [0.1, 0.15) is 0 Å². The van der Waals surface area contributed by atoms with E-state index in [1.807, 2.05) is 32.9 Å². The average molecular weight is 458 g/mol. The maximum Gasteiger partial charge on any atom is 0.253 e. The normalized spacial score (nSPS) is 18.5. The predicted molar refractivity (Wildman–Crippen MR) is 130 cm³/mol. The third-order valence-electron chi connectivity index (χ3n) is 6.07. The Morgan fingerprint density at radius 3 is 2.12 bits per heavy atom. The number of benzene rings is 1. The Bertz CT molecular complexity index is 830. The van der Waals surface area contributed by atoms with E-state index >= 15 is 0 Å². The fourth-order valence-electron chi connectivity index (χ4n) is 4.52. The second-order valence-corrected chi connectivity index (χ2v) is 10.3. The van der Waals surface area contributed by atoms with Crippen molar-refractivity contribution in [2.24, 2.45) is 0 Å². The first kappa shape index (κ1) is 25.2. The van der Waals surface area contributed by atoms with Gasteiger partial charge in [0.05, 0.1) is 24.3 Å². The smallest absolute Gasteiger partial charge is 0.253 e. The van der Waals surface area contributed by atoms with Gasteiger partial charge in [-0.25, -0.2) is 0 Å². The molecule has 1 aromatic rings. The molecular formula is C25H39N5O3. The van der Waals surface area contributed by atoms with Gasteiger partial charge >= 0.3 is 0 Å². The molecule has 1 saturated carbocycles. The zero-order valence-electron chi connectivity index (χ0n) is 20.3. The summed E-state index contributed by atoms with van der Waals surface area (Å²) in [6.07, 6.45) is 5.24. The standard InChI is InChI=1S/C25H39N5O3/c1-25(2,3)28-23(32)18-30-14-8-13-29(15-16-30)17-22(31)27-21-12-7-6-11-20(21)24(33)26-19-9-4-5-10-19/h6-7,11-12,19H,4-5,8-10,13-18H2,1-3H3,(H,26,33)(H,27,31)(H,28,32). The monoisotopic (exact) mass is 457 g/mol. The van der Waals surface area contributed by atoms with Crippen LogP contribution in [-0.4, -0.2) is 78.4 Å². The van der Waals surface area contributed by atoms with Crippen molar-refractivity contribution in [2.45, 2.75) is 64.5 Å². The number of nitrogens with zero attached hydrogens (tertiary/aromatic N) is 2. The molecule has 1 saturated heterocycles. The van der Waals surface area contributed by atoms with E-state index in [-0.39, 0.29) is 35.8 Å². The highest BCUT2D eigenvalue weighted by molar-refractivity contribution is 6.04. The highest BCUT2D eigenvalue weighted by Crippen LogP contribution is 2.20. The number of rotatable bonds is 7. The van der Waals surface area contributed by atoms with E-state index < -0.39 is 0 Å². The first-order chi connectivity index (χ1) is 15.7. The van der Waals surface area contributed by atoms with Crippen molar-refractivity contribution in [1.29, 1.82) is 0 Å². The number of hydrogen-bond donors (Lipinski definition) is 3. The Kier molecular flexibility index (Phi) is 8.86. The van der Waals surface area contributed by atoms with Gasteiger partial charge in [0.25, 0.3) is 5.91 Å². The molecule has 182 valence electrons. The summed E-state index contributed by atoms with van der Waals surface area (Å²) < 4.78 is 0. The van der Waals surface area contributed by atoms with Crippen LogP contribution in [0.5, 0.6) is 0 Å². The van der Waals surface area contributed by atoms with Crippen molar-refractivity contribution in [3.63, 3.8) is 0 Å². The average Bonchev–Trinajstić information content (AvgIpc) is 3.14. The van der Waals surface area contributed by atoms with Gasteiger partial charge in [0, 0.05) is 24.7 Å². The van der Waals surface area contributed by atoms with Crippen molar-refractivity contribution >= 4 is 23.4 Å². The number of amides is 3. The largest absolute Gasteiger partial charge is 0.350 e. The molecular weight excluding hydrogens is 418 g/mol. The lowest BCUT2D eigenvalue weighted by molar-refractivity contribution is -0.123. The molecule has 3 N–H and O–H groups in total. The molecule has 1 aliphatic carbocycles. The molecule has 0 radical (unpaired) electrons. The predicted octanol–water partition coefficient (Wildman–Crippen LogP) is 2.22. The molecule has 0 bridgehead atoms. The summed E-state index contributed by atoms with van der Waals surface area (Å²) in [5.74, 6) is -0.229. The molecule has 2 aliphatic rings. The summed E-state index contributed by atoms with van der Waals surface area (Å²) in [5, 5.41) is 9.03. The maximum absolute atomic E-state index is 12.8. The van der Waals surface area contributed by atoms with Crippen molar-refractivity contribution in [1.82, 2.24) is 20.4 Å². The molecule has 33 heavy (non-hydrogen) atoms. The first-order valence-corrected chi connectivity index (χ1v) is 12.1. The van der Waals surface area contributed by atoms with Crippen LogP contribution in [0.1, 0.15) is 63.2 Å². The van der Waals surface area contributed by atoms with Gasteiger partial charge in [-0.2, -0.15) is 0 Å². The minimum Gasteiger partial charge on any atom is -0.350 e. The van der Waals surface area contributed by atoms with E-state index in [2.05, 4.69) is 25.8 Å². The van der Waals surface area contributed by atoms with Gasteiger partial charge in [0.2, 0.25) is 11.8 Å². The molecule has 0 spiro atoms. The second-order valence-electron chi connectivity index (χ2n) is 10.3. The highest BCUT2D eigenvalue weighted by Gasteiger charge is 2.23. The van der Waals surface area contributed by atoms with Gasteiger partial charge < -0.3 is 16.0 Å². The number of carbonyl (C=O) groups is 3. The number of nitrogens with one attached hydrogen (secondary N) is 3. The molecule has 3 rings (SSSR count). The quantitative estimate of drug-likeness (QED) is 0.584. The van der Waals surface area contributed by atoms with Crippen molar-refractivity contribution < 1.29 is 14.4 Å². The van der Waals surface area contributed by atoms with Gasteiger partial charge in [-0.15, -0.1) is 0 Å². The molecule has 1 heterocycles. The molecule has 0 atom stereocenters. The molecule has 1 aromatic carbocycles. The SMILES string of the molecule is CC(C)(C)NC(=O)CN1CCCN(CC(=O)Nc2ccccc2C(=O)NC2CCCC2)CC1. The van der Waals surface area contributed by atoms with Crippen molar-refractivity contribution in [2.75, 3.05) is 44.6 Å². The third-order valence-corrected chi connectivity index (χ3v) is 6.07. The van der Waals surface area contributed by atoms with E-state index in [9.17, 15) is 14.4 Å². The minimum absolute atomic E-state index is 0.0289. The Balaban J connectivity index is 1.49. The zero-order valence-corrected chi connectivity index (χ0v) is 20.3. The summed E-state index contributed by atoms with van der Waals surface area (Å²) in [6, 6.07) is 7.41. The van der Waals surface area contributed by atoms with E-state index in [1.165, 1.54) is 0 Å². The van der Waals surface area contributed by atoms with Gasteiger partial charge in [-0.1, -0.05) is 25.0 Å². The number of anilines is 1. The van der Waals surface area contributed by atoms with Crippen LogP contribution >= 0.6 is 0 Å². The van der Waals surface area contributed by atoms with Crippen LogP contribution < -0.4 is 16.0 Å². The van der Waals surface area contributed by atoms with Crippen LogP contribution in [0.25, 0.3) is 0 Å². The molecule has 0 aromatic heterocycles. The van der Waals surface area contributed by atoms with Crippen LogP contribution in [0, 0.1) is 0 Å². The lowest BCUT2D eigenvalue weighted by Crippen LogP contribution is -2.46. The zero-order chi connectivity index (χ0) is 23.8. The van der Waals surface area contributed by atoms with Crippen LogP contribution in [0.15, 0.2) is 24.3 Å². The Morgan fingerprint density at radius 2 is 1.48 bits per heavy atom. The van der Waals surface area contributed by atoms with Crippen molar-refractivity contribution in [3.8, 4) is 0 Å². The molecule has 3 amide bonds. The van der Waals surface area contributed by atoms with E-state index in [0.717, 1.165) is 58.3 Å². The summed E-state index contributed by atoms with van der Waals surface area (Å²) in [6.45, 7) is 9.67. The first-order valence-electron chi connectivity index (χ1n) is 12.1. The van der Waals surface area contributed by atoms with Gasteiger partial charge in [0.15, 0.2) is 0 Å². The molecule has 8 nitrogen and oxygen atoms in total.